The number of rotatable bonds is 5. The van der Waals surface area contributed by atoms with Crippen LogP contribution in [0.15, 0.2) is 42.5 Å². The fourth-order valence-corrected chi connectivity index (χ4v) is 3.21. The van der Waals surface area contributed by atoms with Crippen molar-refractivity contribution < 1.29 is 4.79 Å². The summed E-state index contributed by atoms with van der Waals surface area (Å²) >= 11 is 0. The van der Waals surface area contributed by atoms with Crippen LogP contribution in [0.4, 0.5) is 0 Å². The molecule has 0 atom stereocenters. The summed E-state index contributed by atoms with van der Waals surface area (Å²) in [4.78, 5) is 17.0. The van der Waals surface area contributed by atoms with Crippen molar-refractivity contribution in [1.82, 2.24) is 29.9 Å². The summed E-state index contributed by atoms with van der Waals surface area (Å²) in [6, 6.07) is 13.5. The fraction of sp³-hybridized carbons (Fsp3) is 0.263. The van der Waals surface area contributed by atoms with Gasteiger partial charge in [-0.2, -0.15) is 0 Å². The van der Waals surface area contributed by atoms with Gasteiger partial charge in [-0.05, 0) is 44.2 Å². The summed E-state index contributed by atoms with van der Waals surface area (Å²) in [5.41, 5.74) is 4.31. The smallest absolute Gasteiger partial charge is 0.251 e. The number of imidazole rings is 1. The number of hydrogen-bond donors (Lipinski definition) is 1. The minimum Gasteiger partial charge on any atom is -0.350 e. The lowest BCUT2D eigenvalue weighted by Crippen LogP contribution is -2.27. The molecule has 1 amide bonds. The number of carbonyl (C=O) groups is 1. The van der Waals surface area contributed by atoms with Gasteiger partial charge in [0.15, 0.2) is 0 Å². The van der Waals surface area contributed by atoms with Crippen molar-refractivity contribution in [2.24, 2.45) is 0 Å². The zero-order valence-electron chi connectivity index (χ0n) is 14.8. The monoisotopic (exact) mass is 348 g/mol. The van der Waals surface area contributed by atoms with Gasteiger partial charge in [-0.1, -0.05) is 17.3 Å². The molecule has 7 nitrogen and oxygen atoms in total. The summed E-state index contributed by atoms with van der Waals surface area (Å²) in [5.74, 6) is 0.832. The first-order valence-electron chi connectivity index (χ1n) is 8.70. The molecule has 0 unspecified atom stereocenters. The van der Waals surface area contributed by atoms with Crippen LogP contribution in [0.1, 0.15) is 23.1 Å². The van der Waals surface area contributed by atoms with E-state index in [0.717, 1.165) is 34.4 Å². The third-order valence-electron chi connectivity index (χ3n) is 4.54. The van der Waals surface area contributed by atoms with Crippen molar-refractivity contribution in [3.8, 4) is 0 Å². The second-order valence-corrected chi connectivity index (χ2v) is 6.16. The van der Waals surface area contributed by atoms with Crippen molar-refractivity contribution in [3.63, 3.8) is 0 Å². The highest BCUT2D eigenvalue weighted by Crippen LogP contribution is 2.15. The summed E-state index contributed by atoms with van der Waals surface area (Å²) in [6.45, 7) is 5.94. The number of carbonyl (C=O) groups excluding carboxylic acids is 1. The lowest BCUT2D eigenvalue weighted by Gasteiger charge is -2.09. The second-order valence-electron chi connectivity index (χ2n) is 6.16. The highest BCUT2D eigenvalue weighted by molar-refractivity contribution is 5.97. The predicted octanol–water partition coefficient (Wildman–Crippen LogP) is 2.54. The molecule has 7 heteroatoms. The first-order valence-corrected chi connectivity index (χ1v) is 8.70. The number of nitrogens with zero attached hydrogens (tertiary/aromatic N) is 5. The van der Waals surface area contributed by atoms with Crippen LogP contribution in [-0.2, 0) is 13.1 Å². The van der Waals surface area contributed by atoms with Crippen molar-refractivity contribution in [2.45, 2.75) is 26.9 Å². The topological polar surface area (TPSA) is 77.6 Å². The molecule has 0 aliphatic carbocycles. The number of para-hydroxylation sites is 2. The maximum atomic E-state index is 12.5. The van der Waals surface area contributed by atoms with Crippen LogP contribution >= 0.6 is 0 Å². The minimum absolute atomic E-state index is 0.111. The van der Waals surface area contributed by atoms with Crippen molar-refractivity contribution in [1.29, 1.82) is 0 Å². The Morgan fingerprint density at radius 2 is 1.96 bits per heavy atom. The van der Waals surface area contributed by atoms with E-state index >= 15 is 0 Å². The number of hydrogen-bond acceptors (Lipinski definition) is 4. The molecule has 2 heterocycles. The summed E-state index contributed by atoms with van der Waals surface area (Å²) in [7, 11) is 0. The van der Waals surface area contributed by atoms with E-state index in [1.165, 1.54) is 0 Å². The van der Waals surface area contributed by atoms with Crippen LogP contribution in [0.3, 0.4) is 0 Å². The van der Waals surface area contributed by atoms with E-state index in [0.29, 0.717) is 18.7 Å². The molecule has 4 rings (SSSR count). The molecule has 2 aromatic carbocycles. The Hall–Kier alpha value is -3.22. The normalized spacial score (nSPS) is 11.3. The molecule has 0 bridgehead atoms. The van der Waals surface area contributed by atoms with Gasteiger partial charge in [0.25, 0.3) is 5.91 Å². The van der Waals surface area contributed by atoms with E-state index in [-0.39, 0.29) is 5.91 Å². The van der Waals surface area contributed by atoms with Crippen molar-refractivity contribution in [3.05, 3.63) is 53.9 Å². The van der Waals surface area contributed by atoms with Crippen LogP contribution in [0.2, 0.25) is 0 Å². The molecular formula is C19H20N6O. The van der Waals surface area contributed by atoms with Crippen LogP contribution in [0.5, 0.6) is 0 Å². The molecular weight excluding hydrogens is 328 g/mol. The molecule has 26 heavy (non-hydrogen) atoms. The highest BCUT2D eigenvalue weighted by atomic mass is 16.1. The molecule has 2 aromatic heterocycles. The summed E-state index contributed by atoms with van der Waals surface area (Å²) < 4.78 is 3.93. The van der Waals surface area contributed by atoms with Gasteiger partial charge in [-0.3, -0.25) is 4.79 Å². The second kappa shape index (κ2) is 6.59. The summed E-state index contributed by atoms with van der Waals surface area (Å²) in [6.07, 6.45) is 0. The average Bonchev–Trinajstić information content (AvgIpc) is 3.21. The van der Waals surface area contributed by atoms with Gasteiger partial charge >= 0.3 is 0 Å². The van der Waals surface area contributed by atoms with Gasteiger partial charge in [-0.15, -0.1) is 5.10 Å². The molecule has 0 saturated carbocycles. The number of benzene rings is 2. The Morgan fingerprint density at radius 3 is 2.81 bits per heavy atom. The Bertz CT molecular complexity index is 1090. The van der Waals surface area contributed by atoms with E-state index in [4.69, 9.17) is 0 Å². The number of aromatic nitrogens is 5. The van der Waals surface area contributed by atoms with Gasteiger partial charge < -0.3 is 9.88 Å². The van der Waals surface area contributed by atoms with Gasteiger partial charge in [-0.25, -0.2) is 9.67 Å². The van der Waals surface area contributed by atoms with Gasteiger partial charge in [0.1, 0.15) is 11.3 Å². The quantitative estimate of drug-likeness (QED) is 0.601. The van der Waals surface area contributed by atoms with E-state index in [9.17, 15) is 4.79 Å². The van der Waals surface area contributed by atoms with Gasteiger partial charge in [0.05, 0.1) is 16.6 Å². The maximum absolute atomic E-state index is 12.5. The molecule has 0 aliphatic rings. The largest absolute Gasteiger partial charge is 0.350 e. The summed E-state index contributed by atoms with van der Waals surface area (Å²) in [5, 5.41) is 11.2. The lowest BCUT2D eigenvalue weighted by atomic mass is 10.2. The van der Waals surface area contributed by atoms with Crippen LogP contribution < -0.4 is 5.32 Å². The van der Waals surface area contributed by atoms with E-state index < -0.39 is 0 Å². The first-order chi connectivity index (χ1) is 12.7. The van der Waals surface area contributed by atoms with Gasteiger partial charge in [0, 0.05) is 25.2 Å². The number of amides is 1. The van der Waals surface area contributed by atoms with Crippen LogP contribution in [-0.4, -0.2) is 37.0 Å². The Kier molecular flexibility index (Phi) is 4.12. The lowest BCUT2D eigenvalue weighted by molar-refractivity contribution is 0.0952. The first kappa shape index (κ1) is 16.3. The zero-order valence-corrected chi connectivity index (χ0v) is 14.8. The molecule has 0 fully saturated rings. The Balaban J connectivity index is 1.46. The molecule has 1 N–H and O–H groups in total. The molecule has 0 aliphatic heterocycles. The third kappa shape index (κ3) is 2.81. The minimum atomic E-state index is -0.111. The standard InChI is InChI=1S/C19H20N6O/c1-3-25-18-9-8-14(12-16(18)22-23-25)19(26)20-10-11-24-13(2)21-15-6-4-5-7-17(15)24/h4-9,12H,3,10-11H2,1-2H3,(H,20,26). The number of nitrogens with one attached hydrogen (secondary N) is 1. The van der Waals surface area contributed by atoms with E-state index in [1.807, 2.05) is 54.9 Å². The molecule has 0 spiro atoms. The Labute approximate surface area is 150 Å². The van der Waals surface area contributed by atoms with Crippen LogP contribution in [0.25, 0.3) is 22.1 Å². The number of fused-ring (bicyclic) bond motifs is 2. The number of aryl methyl sites for hydroxylation is 2. The average molecular weight is 348 g/mol. The molecule has 0 radical (unpaired) electrons. The zero-order chi connectivity index (χ0) is 18.1. The molecule has 132 valence electrons. The predicted molar refractivity (Wildman–Crippen MR) is 100 cm³/mol. The molecule has 4 aromatic rings. The van der Waals surface area contributed by atoms with E-state index in [2.05, 4.69) is 25.2 Å². The van der Waals surface area contributed by atoms with Crippen molar-refractivity contribution in [2.75, 3.05) is 6.54 Å². The van der Waals surface area contributed by atoms with Gasteiger partial charge in [0.2, 0.25) is 0 Å². The SMILES string of the molecule is CCn1nnc2cc(C(=O)NCCn3c(C)nc4ccccc43)ccc21. The highest BCUT2D eigenvalue weighted by Gasteiger charge is 2.11. The third-order valence-corrected chi connectivity index (χ3v) is 4.54. The molecule has 0 saturated heterocycles. The Morgan fingerprint density at radius 1 is 1.12 bits per heavy atom. The van der Waals surface area contributed by atoms with Crippen molar-refractivity contribution >= 4 is 28.0 Å². The maximum Gasteiger partial charge on any atom is 0.251 e. The van der Waals surface area contributed by atoms with Crippen LogP contribution in [0, 0.1) is 6.92 Å². The fourth-order valence-electron chi connectivity index (χ4n) is 3.21. The van der Waals surface area contributed by atoms with E-state index in [1.54, 1.807) is 6.07 Å².